The van der Waals surface area contributed by atoms with Crippen molar-refractivity contribution in [3.63, 3.8) is 0 Å². The van der Waals surface area contributed by atoms with Crippen LogP contribution in [0.2, 0.25) is 0 Å². The minimum atomic E-state index is 0.435. The van der Waals surface area contributed by atoms with E-state index in [-0.39, 0.29) is 0 Å². The third-order valence-electron chi connectivity index (χ3n) is 3.29. The van der Waals surface area contributed by atoms with Crippen LogP contribution in [0.5, 0.6) is 0 Å². The highest BCUT2D eigenvalue weighted by Gasteiger charge is 2.21. The van der Waals surface area contributed by atoms with Crippen LogP contribution in [0.1, 0.15) is 38.7 Å². The first-order valence-electron chi connectivity index (χ1n) is 7.15. The molecule has 1 N–H and O–H groups in total. The lowest BCUT2D eigenvalue weighted by Crippen LogP contribution is -2.34. The number of hydrogen-bond donors (Lipinski definition) is 1. The zero-order valence-electron chi connectivity index (χ0n) is 12.1. The van der Waals surface area contributed by atoms with Gasteiger partial charge in [-0.1, -0.05) is 20.8 Å². The second kappa shape index (κ2) is 6.98. The molecule has 19 heavy (non-hydrogen) atoms. The Morgan fingerprint density at radius 1 is 1.32 bits per heavy atom. The van der Waals surface area contributed by atoms with Gasteiger partial charge >= 0.3 is 0 Å². The summed E-state index contributed by atoms with van der Waals surface area (Å²) < 4.78 is 0. The summed E-state index contributed by atoms with van der Waals surface area (Å²) in [6.07, 6.45) is 2.80. The summed E-state index contributed by atoms with van der Waals surface area (Å²) in [5.74, 6) is 4.97. The molecule has 1 saturated heterocycles. The Labute approximate surface area is 120 Å². The second-order valence-electron chi connectivity index (χ2n) is 5.14. The van der Waals surface area contributed by atoms with Crippen LogP contribution >= 0.6 is 11.8 Å². The van der Waals surface area contributed by atoms with E-state index >= 15 is 0 Å². The van der Waals surface area contributed by atoms with E-state index in [0.717, 1.165) is 37.7 Å². The van der Waals surface area contributed by atoms with Gasteiger partial charge in [0, 0.05) is 36.7 Å². The fourth-order valence-electron chi connectivity index (χ4n) is 2.33. The van der Waals surface area contributed by atoms with Gasteiger partial charge in [-0.05, 0) is 12.3 Å². The molecule has 0 aliphatic carbocycles. The van der Waals surface area contributed by atoms with Crippen molar-refractivity contribution < 1.29 is 0 Å². The maximum absolute atomic E-state index is 4.56. The third-order valence-corrected chi connectivity index (χ3v) is 4.24. The first-order chi connectivity index (χ1) is 9.24. The van der Waals surface area contributed by atoms with Gasteiger partial charge in [0.1, 0.15) is 18.0 Å². The Bertz CT molecular complexity index is 402. The average Bonchev–Trinajstić information content (AvgIpc) is 2.45. The van der Waals surface area contributed by atoms with Crippen molar-refractivity contribution in [1.29, 1.82) is 0 Å². The zero-order chi connectivity index (χ0) is 13.7. The quantitative estimate of drug-likeness (QED) is 0.898. The second-order valence-corrected chi connectivity index (χ2v) is 6.37. The van der Waals surface area contributed by atoms with Crippen LogP contribution in [0.25, 0.3) is 0 Å². The van der Waals surface area contributed by atoms with Crippen molar-refractivity contribution in [1.82, 2.24) is 9.97 Å². The van der Waals surface area contributed by atoms with E-state index in [1.54, 1.807) is 6.33 Å². The molecule has 5 heteroatoms. The summed E-state index contributed by atoms with van der Waals surface area (Å²) in [6.45, 7) is 9.76. The van der Waals surface area contributed by atoms with E-state index in [1.807, 2.05) is 11.8 Å². The minimum absolute atomic E-state index is 0.435. The molecule has 0 spiro atoms. The molecule has 0 unspecified atom stereocenters. The summed E-state index contributed by atoms with van der Waals surface area (Å²) >= 11 is 2.02. The molecule has 1 aliphatic rings. The van der Waals surface area contributed by atoms with Crippen molar-refractivity contribution in [3.8, 4) is 0 Å². The summed E-state index contributed by atoms with van der Waals surface area (Å²) in [5, 5.41) is 3.44. The fraction of sp³-hybridized carbons (Fsp3) is 0.714. The van der Waals surface area contributed by atoms with Gasteiger partial charge in [-0.25, -0.2) is 9.97 Å². The number of nitrogens with zero attached hydrogens (tertiary/aromatic N) is 3. The monoisotopic (exact) mass is 280 g/mol. The van der Waals surface area contributed by atoms with Gasteiger partial charge in [0.05, 0.1) is 0 Å². The Morgan fingerprint density at radius 3 is 2.68 bits per heavy atom. The van der Waals surface area contributed by atoms with E-state index in [9.17, 15) is 0 Å². The molecule has 1 aliphatic heterocycles. The molecule has 0 radical (unpaired) electrons. The Kier molecular flexibility index (Phi) is 5.31. The maximum Gasteiger partial charge on any atom is 0.137 e. The molecule has 1 fully saturated rings. The van der Waals surface area contributed by atoms with Crippen molar-refractivity contribution >= 4 is 23.4 Å². The van der Waals surface area contributed by atoms with E-state index in [0.29, 0.717) is 5.92 Å². The molecule has 1 aromatic heterocycles. The van der Waals surface area contributed by atoms with Gasteiger partial charge in [0.2, 0.25) is 0 Å². The van der Waals surface area contributed by atoms with Gasteiger partial charge in [0.25, 0.3) is 0 Å². The molecule has 0 bridgehead atoms. The summed E-state index contributed by atoms with van der Waals surface area (Å²) in [4.78, 5) is 11.4. The van der Waals surface area contributed by atoms with Gasteiger partial charge in [-0.15, -0.1) is 0 Å². The normalized spacial score (nSPS) is 15.9. The zero-order valence-corrected chi connectivity index (χ0v) is 13.0. The smallest absolute Gasteiger partial charge is 0.137 e. The van der Waals surface area contributed by atoms with E-state index in [4.69, 9.17) is 0 Å². The predicted octanol–water partition coefficient (Wildman–Crippen LogP) is 2.98. The highest BCUT2D eigenvalue weighted by molar-refractivity contribution is 7.99. The molecule has 0 aromatic carbocycles. The molecule has 0 amide bonds. The molecular weight excluding hydrogens is 256 g/mol. The minimum Gasteiger partial charge on any atom is -0.370 e. The van der Waals surface area contributed by atoms with Crippen LogP contribution in [0, 0.1) is 0 Å². The molecule has 2 rings (SSSR count). The molecule has 0 atom stereocenters. The van der Waals surface area contributed by atoms with E-state index < -0.39 is 0 Å². The fourth-order valence-corrected chi connectivity index (χ4v) is 3.23. The number of thioether (sulfide) groups is 1. The van der Waals surface area contributed by atoms with Crippen LogP contribution < -0.4 is 10.2 Å². The summed E-state index contributed by atoms with van der Waals surface area (Å²) in [6, 6.07) is 0. The number of hydrogen-bond acceptors (Lipinski definition) is 5. The largest absolute Gasteiger partial charge is 0.370 e. The number of rotatable bonds is 5. The molecule has 2 heterocycles. The summed E-state index contributed by atoms with van der Waals surface area (Å²) in [7, 11) is 0. The SMILES string of the molecule is CCCNc1ncnc(N2CCSCC2)c1C(C)C. The lowest BCUT2D eigenvalue weighted by molar-refractivity contribution is 0.784. The first kappa shape index (κ1) is 14.4. The lowest BCUT2D eigenvalue weighted by Gasteiger charge is -2.30. The molecule has 0 saturated carbocycles. The van der Waals surface area contributed by atoms with E-state index in [1.165, 1.54) is 17.1 Å². The van der Waals surface area contributed by atoms with Gasteiger partial charge < -0.3 is 10.2 Å². The van der Waals surface area contributed by atoms with Crippen molar-refractivity contribution in [3.05, 3.63) is 11.9 Å². The highest BCUT2D eigenvalue weighted by Crippen LogP contribution is 2.31. The van der Waals surface area contributed by atoms with Crippen LogP contribution in [0.15, 0.2) is 6.33 Å². The lowest BCUT2D eigenvalue weighted by atomic mass is 10.0. The molecule has 106 valence electrons. The Hall–Kier alpha value is -0.970. The first-order valence-corrected chi connectivity index (χ1v) is 8.31. The molecule has 1 aromatic rings. The standard InChI is InChI=1S/C14H24N4S/c1-4-5-15-13-12(11(2)3)14(17-10-16-13)18-6-8-19-9-7-18/h10-11H,4-9H2,1-3H3,(H,15,16,17). The predicted molar refractivity (Wildman–Crippen MR) is 84.4 cm³/mol. The van der Waals surface area contributed by atoms with Gasteiger partial charge in [-0.2, -0.15) is 11.8 Å². The summed E-state index contributed by atoms with van der Waals surface area (Å²) in [5.41, 5.74) is 1.27. The average molecular weight is 280 g/mol. The van der Waals surface area contributed by atoms with Crippen molar-refractivity contribution in [2.45, 2.75) is 33.1 Å². The van der Waals surface area contributed by atoms with Crippen LogP contribution in [-0.2, 0) is 0 Å². The topological polar surface area (TPSA) is 41.1 Å². The van der Waals surface area contributed by atoms with Crippen LogP contribution in [0.4, 0.5) is 11.6 Å². The van der Waals surface area contributed by atoms with Gasteiger partial charge in [-0.3, -0.25) is 0 Å². The van der Waals surface area contributed by atoms with E-state index in [2.05, 4.69) is 41.0 Å². The molecule has 4 nitrogen and oxygen atoms in total. The Morgan fingerprint density at radius 2 is 2.05 bits per heavy atom. The van der Waals surface area contributed by atoms with Crippen LogP contribution in [-0.4, -0.2) is 41.1 Å². The van der Waals surface area contributed by atoms with Crippen LogP contribution in [0.3, 0.4) is 0 Å². The maximum atomic E-state index is 4.56. The third kappa shape index (κ3) is 3.53. The van der Waals surface area contributed by atoms with Crippen molar-refractivity contribution in [2.75, 3.05) is 41.4 Å². The highest BCUT2D eigenvalue weighted by atomic mass is 32.2. The molecular formula is C14H24N4S. The Balaban J connectivity index is 2.30. The number of aromatic nitrogens is 2. The van der Waals surface area contributed by atoms with Gasteiger partial charge in [0.15, 0.2) is 0 Å². The van der Waals surface area contributed by atoms with Crippen molar-refractivity contribution in [2.24, 2.45) is 0 Å². The number of nitrogens with one attached hydrogen (secondary N) is 1. The number of anilines is 2.